The molecular weight excluding hydrogens is 380 g/mol. The zero-order valence-electron chi connectivity index (χ0n) is 18.7. The number of benzene rings is 2. The number of hydrogen-bond donors (Lipinski definition) is 1. The number of rotatable bonds is 8. The molecule has 0 aliphatic carbocycles. The number of amides is 2. The summed E-state index contributed by atoms with van der Waals surface area (Å²) >= 11 is 0. The number of carbonyl (C=O) groups is 2. The molecule has 0 aliphatic heterocycles. The minimum Gasteiger partial charge on any atom is -0.497 e. The molecule has 0 unspecified atom stereocenters. The summed E-state index contributed by atoms with van der Waals surface area (Å²) in [5.41, 5.74) is 1.59. The fourth-order valence-electron chi connectivity index (χ4n) is 2.89. The van der Waals surface area contributed by atoms with Crippen LogP contribution in [-0.2, 0) is 16.1 Å². The SMILES string of the molecule is COc1cccc(CN(C(=O)COc2ccc(C)cc2)[C@@H](C)C(=O)NC(C)(C)C)c1. The van der Waals surface area contributed by atoms with Crippen molar-refractivity contribution in [3.63, 3.8) is 0 Å². The van der Waals surface area contributed by atoms with Crippen LogP contribution in [0.3, 0.4) is 0 Å². The zero-order valence-corrected chi connectivity index (χ0v) is 18.7. The molecule has 0 aliphatic rings. The highest BCUT2D eigenvalue weighted by atomic mass is 16.5. The van der Waals surface area contributed by atoms with Gasteiger partial charge in [0.25, 0.3) is 5.91 Å². The molecule has 0 fully saturated rings. The second kappa shape index (κ2) is 10.1. The quantitative estimate of drug-likeness (QED) is 0.718. The zero-order chi connectivity index (χ0) is 22.3. The van der Waals surface area contributed by atoms with Gasteiger partial charge >= 0.3 is 0 Å². The first-order valence-electron chi connectivity index (χ1n) is 10.0. The van der Waals surface area contributed by atoms with Crippen LogP contribution in [0, 0.1) is 6.92 Å². The van der Waals surface area contributed by atoms with Gasteiger partial charge in [-0.3, -0.25) is 9.59 Å². The van der Waals surface area contributed by atoms with Crippen molar-refractivity contribution in [3.05, 3.63) is 59.7 Å². The number of ether oxygens (including phenoxy) is 2. The molecule has 0 saturated heterocycles. The third-order valence-electron chi connectivity index (χ3n) is 4.54. The van der Waals surface area contributed by atoms with E-state index < -0.39 is 11.6 Å². The van der Waals surface area contributed by atoms with Crippen LogP contribution in [0.2, 0.25) is 0 Å². The molecule has 1 N–H and O–H groups in total. The first-order chi connectivity index (χ1) is 14.1. The molecule has 0 heterocycles. The molecule has 162 valence electrons. The van der Waals surface area contributed by atoms with E-state index in [0.29, 0.717) is 11.5 Å². The predicted molar refractivity (Wildman–Crippen MR) is 118 cm³/mol. The standard InChI is InChI=1S/C24H32N2O4/c1-17-10-12-20(13-11-17)30-16-22(27)26(18(2)23(28)25-24(3,4)5)15-19-8-7-9-21(14-19)29-6/h7-14,18H,15-16H2,1-6H3,(H,25,28)/t18-/m0/s1. The van der Waals surface area contributed by atoms with E-state index in [1.807, 2.05) is 76.2 Å². The summed E-state index contributed by atoms with van der Waals surface area (Å²) in [7, 11) is 1.59. The van der Waals surface area contributed by atoms with Gasteiger partial charge in [0.1, 0.15) is 17.5 Å². The third-order valence-corrected chi connectivity index (χ3v) is 4.54. The summed E-state index contributed by atoms with van der Waals surface area (Å²) in [6.07, 6.45) is 0. The summed E-state index contributed by atoms with van der Waals surface area (Å²) in [6, 6.07) is 14.3. The lowest BCUT2D eigenvalue weighted by Crippen LogP contribution is -2.53. The average molecular weight is 413 g/mol. The maximum Gasteiger partial charge on any atom is 0.261 e. The Morgan fingerprint density at radius 3 is 2.33 bits per heavy atom. The van der Waals surface area contributed by atoms with E-state index in [4.69, 9.17) is 9.47 Å². The molecule has 2 aromatic rings. The van der Waals surface area contributed by atoms with Crippen LogP contribution in [0.1, 0.15) is 38.8 Å². The van der Waals surface area contributed by atoms with Gasteiger partial charge in [-0.05, 0) is 64.4 Å². The van der Waals surface area contributed by atoms with E-state index in [-0.39, 0.29) is 25.0 Å². The van der Waals surface area contributed by atoms with Gasteiger partial charge in [-0.25, -0.2) is 0 Å². The molecule has 2 amide bonds. The molecule has 30 heavy (non-hydrogen) atoms. The number of hydrogen-bond acceptors (Lipinski definition) is 4. The highest BCUT2D eigenvalue weighted by Crippen LogP contribution is 2.17. The topological polar surface area (TPSA) is 67.9 Å². The van der Waals surface area contributed by atoms with Crippen molar-refractivity contribution in [2.24, 2.45) is 0 Å². The normalized spacial score (nSPS) is 12.1. The van der Waals surface area contributed by atoms with E-state index in [1.54, 1.807) is 14.0 Å². The highest BCUT2D eigenvalue weighted by Gasteiger charge is 2.28. The first kappa shape index (κ1) is 23.3. The molecule has 6 heteroatoms. The molecule has 0 saturated carbocycles. The van der Waals surface area contributed by atoms with Crippen molar-refractivity contribution >= 4 is 11.8 Å². The summed E-state index contributed by atoms with van der Waals surface area (Å²) in [5, 5.41) is 2.94. The lowest BCUT2D eigenvalue weighted by molar-refractivity contribution is -0.142. The molecular formula is C24H32N2O4. The smallest absolute Gasteiger partial charge is 0.261 e. The van der Waals surface area contributed by atoms with Gasteiger partial charge in [0.15, 0.2) is 6.61 Å². The minimum absolute atomic E-state index is 0.153. The Morgan fingerprint density at radius 2 is 1.73 bits per heavy atom. The maximum atomic E-state index is 13.0. The van der Waals surface area contributed by atoms with E-state index in [0.717, 1.165) is 11.1 Å². The number of nitrogens with one attached hydrogen (secondary N) is 1. The third kappa shape index (κ3) is 7.10. The number of methoxy groups -OCH3 is 1. The van der Waals surface area contributed by atoms with Gasteiger partial charge in [0, 0.05) is 12.1 Å². The Hall–Kier alpha value is -3.02. The van der Waals surface area contributed by atoms with Crippen molar-refractivity contribution in [2.45, 2.75) is 52.7 Å². The van der Waals surface area contributed by atoms with Crippen LogP contribution >= 0.6 is 0 Å². The summed E-state index contributed by atoms with van der Waals surface area (Å²) in [5.74, 6) is 0.828. The second-order valence-corrected chi connectivity index (χ2v) is 8.39. The number of carbonyl (C=O) groups excluding carboxylic acids is 2. The molecule has 0 bridgehead atoms. The second-order valence-electron chi connectivity index (χ2n) is 8.39. The van der Waals surface area contributed by atoms with Crippen molar-refractivity contribution in [2.75, 3.05) is 13.7 Å². The molecule has 0 radical (unpaired) electrons. The minimum atomic E-state index is -0.662. The van der Waals surface area contributed by atoms with E-state index in [2.05, 4.69) is 5.32 Å². The molecule has 0 aromatic heterocycles. The Bertz CT molecular complexity index is 856. The van der Waals surface area contributed by atoms with Crippen LogP contribution in [0.4, 0.5) is 0 Å². The van der Waals surface area contributed by atoms with Crippen LogP contribution < -0.4 is 14.8 Å². The van der Waals surface area contributed by atoms with Gasteiger partial charge in [-0.2, -0.15) is 0 Å². The molecule has 1 atom stereocenters. The maximum absolute atomic E-state index is 13.0. The highest BCUT2D eigenvalue weighted by molar-refractivity contribution is 5.88. The van der Waals surface area contributed by atoms with Gasteiger partial charge in [0.05, 0.1) is 7.11 Å². The first-order valence-corrected chi connectivity index (χ1v) is 10.0. The van der Waals surface area contributed by atoms with Crippen LogP contribution in [0.25, 0.3) is 0 Å². The van der Waals surface area contributed by atoms with E-state index in [1.165, 1.54) is 4.90 Å². The lowest BCUT2D eigenvalue weighted by atomic mass is 10.1. The number of nitrogens with zero attached hydrogens (tertiary/aromatic N) is 1. The van der Waals surface area contributed by atoms with Crippen molar-refractivity contribution in [1.29, 1.82) is 0 Å². The molecule has 6 nitrogen and oxygen atoms in total. The van der Waals surface area contributed by atoms with E-state index in [9.17, 15) is 9.59 Å². The summed E-state index contributed by atoms with van der Waals surface area (Å²) in [6.45, 7) is 9.56. The van der Waals surface area contributed by atoms with Crippen LogP contribution in [0.5, 0.6) is 11.5 Å². The summed E-state index contributed by atoms with van der Waals surface area (Å²) in [4.78, 5) is 27.3. The van der Waals surface area contributed by atoms with Crippen molar-refractivity contribution < 1.29 is 19.1 Å². The van der Waals surface area contributed by atoms with Crippen LogP contribution in [-0.4, -0.2) is 42.0 Å². The summed E-state index contributed by atoms with van der Waals surface area (Å²) < 4.78 is 10.9. The molecule has 0 spiro atoms. The van der Waals surface area contributed by atoms with Crippen molar-refractivity contribution in [1.82, 2.24) is 10.2 Å². The fraction of sp³-hybridized carbons (Fsp3) is 0.417. The average Bonchev–Trinajstić information content (AvgIpc) is 2.69. The van der Waals surface area contributed by atoms with Gasteiger partial charge in [-0.15, -0.1) is 0 Å². The predicted octanol–water partition coefficient (Wildman–Crippen LogP) is 3.71. The van der Waals surface area contributed by atoms with Gasteiger partial charge in [-0.1, -0.05) is 29.8 Å². The van der Waals surface area contributed by atoms with Crippen molar-refractivity contribution in [3.8, 4) is 11.5 Å². The largest absolute Gasteiger partial charge is 0.497 e. The lowest BCUT2D eigenvalue weighted by Gasteiger charge is -2.31. The Labute approximate surface area is 179 Å². The van der Waals surface area contributed by atoms with Crippen LogP contribution in [0.15, 0.2) is 48.5 Å². The molecule has 2 rings (SSSR count). The Kier molecular flexibility index (Phi) is 7.86. The fourth-order valence-corrected chi connectivity index (χ4v) is 2.89. The van der Waals surface area contributed by atoms with Gasteiger partial charge in [0.2, 0.25) is 5.91 Å². The Balaban J connectivity index is 2.18. The van der Waals surface area contributed by atoms with E-state index >= 15 is 0 Å². The number of aryl methyl sites for hydroxylation is 1. The Morgan fingerprint density at radius 1 is 1.07 bits per heavy atom. The molecule has 2 aromatic carbocycles. The van der Waals surface area contributed by atoms with Gasteiger partial charge < -0.3 is 19.7 Å². The monoisotopic (exact) mass is 412 g/mol.